The summed E-state index contributed by atoms with van der Waals surface area (Å²) in [7, 11) is 0. The number of carbonyl (C=O) groups excluding carboxylic acids is 1. The lowest BCUT2D eigenvalue weighted by atomic mass is 10.0. The van der Waals surface area contributed by atoms with Gasteiger partial charge < -0.3 is 10.6 Å². The Morgan fingerprint density at radius 3 is 2.63 bits per heavy atom. The molecule has 0 unspecified atom stereocenters. The monoisotopic (exact) mass is 264 g/mol. The Kier molecular flexibility index (Phi) is 4.53. The minimum absolute atomic E-state index is 0.0410. The van der Waals surface area contributed by atoms with E-state index < -0.39 is 0 Å². The van der Waals surface area contributed by atoms with E-state index in [0.717, 1.165) is 31.4 Å². The second-order valence-electron chi connectivity index (χ2n) is 5.26. The Labute approximate surface area is 113 Å². The molecule has 0 spiro atoms. The Morgan fingerprint density at radius 1 is 1.37 bits per heavy atom. The Balaban J connectivity index is 1.93. The van der Waals surface area contributed by atoms with E-state index in [2.05, 4.69) is 10.6 Å². The average molecular weight is 264 g/mol. The number of rotatable bonds is 3. The highest BCUT2D eigenvalue weighted by atomic mass is 19.1. The smallest absolute Gasteiger partial charge is 0.237 e. The molecule has 1 saturated heterocycles. The highest BCUT2D eigenvalue weighted by molar-refractivity contribution is 5.81. The fourth-order valence-electron chi connectivity index (χ4n) is 2.53. The molecule has 0 aromatic heterocycles. The van der Waals surface area contributed by atoms with E-state index >= 15 is 0 Å². The fourth-order valence-corrected chi connectivity index (χ4v) is 2.53. The van der Waals surface area contributed by atoms with Crippen LogP contribution in [-0.2, 0) is 11.3 Å². The number of carbonyl (C=O) groups is 1. The molecule has 1 aromatic rings. The van der Waals surface area contributed by atoms with Gasteiger partial charge in [-0.2, -0.15) is 0 Å². The molecule has 1 fully saturated rings. The van der Waals surface area contributed by atoms with Crippen LogP contribution in [0.5, 0.6) is 0 Å². The third kappa shape index (κ3) is 3.53. The van der Waals surface area contributed by atoms with Crippen molar-refractivity contribution in [3.63, 3.8) is 0 Å². The zero-order valence-electron chi connectivity index (χ0n) is 11.6. The van der Waals surface area contributed by atoms with Crippen LogP contribution in [0, 0.1) is 19.7 Å². The number of amides is 1. The molecule has 1 atom stereocenters. The number of nitrogens with one attached hydrogen (secondary N) is 2. The van der Waals surface area contributed by atoms with Gasteiger partial charge in [0.25, 0.3) is 0 Å². The summed E-state index contributed by atoms with van der Waals surface area (Å²) in [6.45, 7) is 4.86. The van der Waals surface area contributed by atoms with Crippen molar-refractivity contribution in [2.75, 3.05) is 6.54 Å². The van der Waals surface area contributed by atoms with Gasteiger partial charge in [0.05, 0.1) is 6.04 Å². The zero-order chi connectivity index (χ0) is 13.8. The Morgan fingerprint density at radius 2 is 2.05 bits per heavy atom. The van der Waals surface area contributed by atoms with Gasteiger partial charge in [-0.3, -0.25) is 4.79 Å². The molecule has 1 aliphatic heterocycles. The van der Waals surface area contributed by atoms with Gasteiger partial charge in [0.15, 0.2) is 0 Å². The van der Waals surface area contributed by atoms with Crippen molar-refractivity contribution in [1.29, 1.82) is 0 Å². The van der Waals surface area contributed by atoms with Crippen LogP contribution >= 0.6 is 0 Å². The molecular formula is C15H21FN2O. The number of benzene rings is 1. The first kappa shape index (κ1) is 14.0. The Bertz CT molecular complexity index is 444. The van der Waals surface area contributed by atoms with Crippen LogP contribution in [0.3, 0.4) is 0 Å². The number of hydrogen-bond donors (Lipinski definition) is 2. The van der Waals surface area contributed by atoms with Crippen LogP contribution < -0.4 is 10.6 Å². The lowest BCUT2D eigenvalue weighted by Crippen LogP contribution is -2.46. The molecular weight excluding hydrogens is 243 g/mol. The summed E-state index contributed by atoms with van der Waals surface area (Å²) in [5.41, 5.74) is 2.20. The summed E-state index contributed by atoms with van der Waals surface area (Å²) < 4.78 is 13.5. The molecule has 1 aliphatic rings. The molecule has 0 aliphatic carbocycles. The van der Waals surface area contributed by atoms with Crippen molar-refractivity contribution in [3.8, 4) is 0 Å². The third-order valence-electron chi connectivity index (χ3n) is 3.59. The van der Waals surface area contributed by atoms with Gasteiger partial charge in [0, 0.05) is 6.54 Å². The number of hydrogen-bond acceptors (Lipinski definition) is 2. The van der Waals surface area contributed by atoms with Crippen molar-refractivity contribution < 1.29 is 9.18 Å². The lowest BCUT2D eigenvalue weighted by molar-refractivity contribution is -0.123. The van der Waals surface area contributed by atoms with Crippen molar-refractivity contribution in [3.05, 3.63) is 34.6 Å². The average Bonchev–Trinajstić information content (AvgIpc) is 2.43. The first-order valence-corrected chi connectivity index (χ1v) is 6.84. The molecule has 1 aromatic carbocycles. The van der Waals surface area contributed by atoms with E-state index in [9.17, 15) is 9.18 Å². The second kappa shape index (κ2) is 6.15. The predicted octanol–water partition coefficient (Wildman–Crippen LogP) is 2.20. The first-order valence-electron chi connectivity index (χ1n) is 6.84. The maximum Gasteiger partial charge on any atom is 0.237 e. The van der Waals surface area contributed by atoms with E-state index in [-0.39, 0.29) is 17.8 Å². The maximum absolute atomic E-state index is 13.5. The van der Waals surface area contributed by atoms with Crippen LogP contribution in [0.2, 0.25) is 0 Å². The standard InChI is InChI=1S/C15H21FN2O/c1-10-7-12(8-11(2)14(10)16)9-18-15(19)13-5-3-4-6-17-13/h7-8,13,17H,3-6,9H2,1-2H3,(H,18,19)/t13-/m0/s1. The largest absolute Gasteiger partial charge is 0.351 e. The molecule has 104 valence electrons. The fraction of sp³-hybridized carbons (Fsp3) is 0.533. The minimum Gasteiger partial charge on any atom is -0.351 e. The zero-order valence-corrected chi connectivity index (χ0v) is 11.6. The molecule has 0 bridgehead atoms. The number of halogens is 1. The third-order valence-corrected chi connectivity index (χ3v) is 3.59. The summed E-state index contributed by atoms with van der Waals surface area (Å²) in [6.07, 6.45) is 3.13. The van der Waals surface area contributed by atoms with Gasteiger partial charge in [-0.25, -0.2) is 4.39 Å². The van der Waals surface area contributed by atoms with Crippen LogP contribution in [0.15, 0.2) is 12.1 Å². The van der Waals surface area contributed by atoms with Gasteiger partial charge in [-0.1, -0.05) is 18.6 Å². The quantitative estimate of drug-likeness (QED) is 0.878. The van der Waals surface area contributed by atoms with Crippen molar-refractivity contribution in [1.82, 2.24) is 10.6 Å². The van der Waals surface area contributed by atoms with Gasteiger partial charge >= 0.3 is 0 Å². The van der Waals surface area contributed by atoms with E-state index in [1.54, 1.807) is 26.0 Å². The van der Waals surface area contributed by atoms with E-state index in [4.69, 9.17) is 0 Å². The maximum atomic E-state index is 13.5. The van der Waals surface area contributed by atoms with Gasteiger partial charge in [-0.05, 0) is 49.9 Å². The van der Waals surface area contributed by atoms with Crippen LogP contribution in [0.25, 0.3) is 0 Å². The predicted molar refractivity (Wildman–Crippen MR) is 73.4 cm³/mol. The molecule has 2 N–H and O–H groups in total. The second-order valence-corrected chi connectivity index (χ2v) is 5.26. The normalized spacial score (nSPS) is 19.2. The van der Waals surface area contributed by atoms with Crippen molar-refractivity contribution >= 4 is 5.91 Å². The van der Waals surface area contributed by atoms with E-state index in [1.807, 2.05) is 0 Å². The minimum atomic E-state index is -0.163. The molecule has 0 radical (unpaired) electrons. The van der Waals surface area contributed by atoms with Crippen LogP contribution in [-0.4, -0.2) is 18.5 Å². The van der Waals surface area contributed by atoms with Crippen LogP contribution in [0.4, 0.5) is 4.39 Å². The summed E-state index contributed by atoms with van der Waals surface area (Å²) in [6, 6.07) is 3.50. The molecule has 0 saturated carbocycles. The molecule has 4 heteroatoms. The molecule has 3 nitrogen and oxygen atoms in total. The van der Waals surface area contributed by atoms with E-state index in [1.165, 1.54) is 0 Å². The van der Waals surface area contributed by atoms with Crippen molar-refractivity contribution in [2.24, 2.45) is 0 Å². The lowest BCUT2D eigenvalue weighted by Gasteiger charge is -2.22. The Hall–Kier alpha value is -1.42. The summed E-state index contributed by atoms with van der Waals surface area (Å²) in [4.78, 5) is 12.0. The molecule has 2 rings (SSSR count). The number of piperidine rings is 1. The summed E-state index contributed by atoms with van der Waals surface area (Å²) >= 11 is 0. The van der Waals surface area contributed by atoms with Gasteiger partial charge in [-0.15, -0.1) is 0 Å². The summed E-state index contributed by atoms with van der Waals surface area (Å²) in [5.74, 6) is -0.122. The topological polar surface area (TPSA) is 41.1 Å². The first-order chi connectivity index (χ1) is 9.08. The highest BCUT2D eigenvalue weighted by Gasteiger charge is 2.19. The highest BCUT2D eigenvalue weighted by Crippen LogP contribution is 2.14. The molecule has 1 heterocycles. The molecule has 19 heavy (non-hydrogen) atoms. The van der Waals surface area contributed by atoms with Crippen LogP contribution in [0.1, 0.15) is 36.0 Å². The SMILES string of the molecule is Cc1cc(CNC(=O)[C@@H]2CCCCN2)cc(C)c1F. The van der Waals surface area contributed by atoms with Gasteiger partial charge in [0.1, 0.15) is 5.82 Å². The van der Waals surface area contributed by atoms with E-state index in [0.29, 0.717) is 17.7 Å². The molecule has 1 amide bonds. The number of aryl methyl sites for hydroxylation is 2. The summed E-state index contributed by atoms with van der Waals surface area (Å²) in [5, 5.41) is 6.13. The van der Waals surface area contributed by atoms with Gasteiger partial charge in [0.2, 0.25) is 5.91 Å². The van der Waals surface area contributed by atoms with Crippen molar-refractivity contribution in [2.45, 2.75) is 45.7 Å².